The zero-order valence-electron chi connectivity index (χ0n) is 12.2. The van der Waals surface area contributed by atoms with Gasteiger partial charge in [0.25, 0.3) is 0 Å². The molecular weight excluding hydrogens is 347 g/mol. The van der Waals surface area contributed by atoms with Gasteiger partial charge in [-0.05, 0) is 24.3 Å². The summed E-state index contributed by atoms with van der Waals surface area (Å²) >= 11 is 12.5. The van der Waals surface area contributed by atoms with Crippen molar-refractivity contribution < 1.29 is 0 Å². The average molecular weight is 357 g/mol. The van der Waals surface area contributed by atoms with Gasteiger partial charge in [0.1, 0.15) is 11.3 Å². The van der Waals surface area contributed by atoms with Gasteiger partial charge in [0.15, 0.2) is 5.82 Å². The number of benzene rings is 1. The van der Waals surface area contributed by atoms with Crippen molar-refractivity contribution in [1.29, 1.82) is 0 Å². The smallest absolute Gasteiger partial charge is 0.228 e. The van der Waals surface area contributed by atoms with Gasteiger partial charge in [-0.25, -0.2) is 19.9 Å². The minimum Gasteiger partial charge on any atom is -0.338 e. The van der Waals surface area contributed by atoms with Gasteiger partial charge < -0.3 is 10.3 Å². The number of aromatic nitrogens is 5. The molecule has 0 atom stereocenters. The van der Waals surface area contributed by atoms with Crippen molar-refractivity contribution in [3.05, 3.63) is 59.0 Å². The molecule has 0 unspecified atom stereocenters. The third-order valence-corrected chi connectivity index (χ3v) is 4.03. The van der Waals surface area contributed by atoms with Crippen LogP contribution < -0.4 is 5.32 Å². The van der Waals surface area contributed by atoms with Crippen molar-refractivity contribution in [2.45, 2.75) is 0 Å². The summed E-state index contributed by atoms with van der Waals surface area (Å²) in [6, 6.07) is 8.90. The molecule has 0 bridgehead atoms. The zero-order chi connectivity index (χ0) is 16.5. The minimum absolute atomic E-state index is 0.442. The van der Waals surface area contributed by atoms with E-state index >= 15 is 0 Å². The Labute approximate surface area is 146 Å². The average Bonchev–Trinajstić information content (AvgIpc) is 3.00. The van der Waals surface area contributed by atoms with E-state index < -0.39 is 0 Å². The van der Waals surface area contributed by atoms with Crippen molar-refractivity contribution in [2.24, 2.45) is 0 Å². The van der Waals surface area contributed by atoms with Gasteiger partial charge >= 0.3 is 0 Å². The van der Waals surface area contributed by atoms with Crippen LogP contribution in [0.3, 0.4) is 0 Å². The molecular formula is C16H10Cl2N6. The van der Waals surface area contributed by atoms with E-state index in [9.17, 15) is 0 Å². The number of rotatable bonds is 3. The number of halogens is 2. The van der Waals surface area contributed by atoms with Gasteiger partial charge in [-0.3, -0.25) is 0 Å². The molecule has 0 aliphatic heterocycles. The Morgan fingerprint density at radius 3 is 2.38 bits per heavy atom. The number of nitrogens with zero attached hydrogens (tertiary/aromatic N) is 4. The van der Waals surface area contributed by atoms with E-state index in [-0.39, 0.29) is 0 Å². The first kappa shape index (κ1) is 14.9. The van der Waals surface area contributed by atoms with E-state index in [1.807, 2.05) is 6.07 Å². The van der Waals surface area contributed by atoms with E-state index in [2.05, 4.69) is 30.2 Å². The minimum atomic E-state index is 0.442. The van der Waals surface area contributed by atoms with Gasteiger partial charge in [-0.2, -0.15) is 0 Å². The van der Waals surface area contributed by atoms with Crippen LogP contribution in [0, 0.1) is 0 Å². The standard InChI is InChI=1S/C16H10Cl2N6/c17-9-3-1-4-10(18)12(9)14-22-11-5-8-19-15(13(11)23-14)24-16-20-6-2-7-21-16/h1-8H,(H,22,23)(H,19,20,21,24). The van der Waals surface area contributed by atoms with E-state index in [4.69, 9.17) is 23.2 Å². The Morgan fingerprint density at radius 2 is 1.62 bits per heavy atom. The highest BCUT2D eigenvalue weighted by atomic mass is 35.5. The van der Waals surface area contributed by atoms with Crippen molar-refractivity contribution >= 4 is 46.0 Å². The van der Waals surface area contributed by atoms with Gasteiger partial charge in [0, 0.05) is 18.6 Å². The fourth-order valence-electron chi connectivity index (χ4n) is 2.34. The molecule has 2 N–H and O–H groups in total. The highest BCUT2D eigenvalue weighted by Crippen LogP contribution is 2.34. The van der Waals surface area contributed by atoms with Gasteiger partial charge in [-0.1, -0.05) is 29.3 Å². The largest absolute Gasteiger partial charge is 0.338 e. The number of imidazole rings is 1. The van der Waals surface area contributed by atoms with Gasteiger partial charge in [0.05, 0.1) is 21.1 Å². The molecule has 8 heteroatoms. The molecule has 0 radical (unpaired) electrons. The first-order valence-electron chi connectivity index (χ1n) is 7.05. The highest BCUT2D eigenvalue weighted by molar-refractivity contribution is 6.39. The number of anilines is 2. The number of pyridine rings is 1. The summed E-state index contributed by atoms with van der Waals surface area (Å²) in [5.74, 6) is 1.56. The molecule has 24 heavy (non-hydrogen) atoms. The second-order valence-electron chi connectivity index (χ2n) is 4.94. The Bertz CT molecular complexity index is 995. The second kappa shape index (κ2) is 6.07. The molecule has 4 rings (SSSR count). The topological polar surface area (TPSA) is 79.4 Å². The molecule has 6 nitrogen and oxygen atoms in total. The van der Waals surface area contributed by atoms with Gasteiger partial charge in [-0.15, -0.1) is 0 Å². The Hall–Kier alpha value is -2.70. The molecule has 0 saturated carbocycles. The Morgan fingerprint density at radius 1 is 0.875 bits per heavy atom. The maximum Gasteiger partial charge on any atom is 0.228 e. The highest BCUT2D eigenvalue weighted by Gasteiger charge is 2.15. The quantitative estimate of drug-likeness (QED) is 0.566. The van der Waals surface area contributed by atoms with Crippen LogP contribution in [0.2, 0.25) is 10.0 Å². The zero-order valence-corrected chi connectivity index (χ0v) is 13.7. The molecule has 3 aromatic heterocycles. The first-order chi connectivity index (χ1) is 11.7. The lowest BCUT2D eigenvalue weighted by Crippen LogP contribution is -1.98. The SMILES string of the molecule is Clc1cccc(Cl)c1-c1nc2c(Nc3ncccn3)nccc2[nH]1. The van der Waals surface area contributed by atoms with Crippen LogP contribution in [0.25, 0.3) is 22.4 Å². The summed E-state index contributed by atoms with van der Waals surface area (Å²) in [6.45, 7) is 0. The number of hydrogen-bond donors (Lipinski definition) is 2. The van der Waals surface area contributed by atoms with Crippen molar-refractivity contribution in [2.75, 3.05) is 5.32 Å². The molecule has 0 fully saturated rings. The fraction of sp³-hybridized carbons (Fsp3) is 0. The van der Waals surface area contributed by atoms with Crippen LogP contribution in [0.4, 0.5) is 11.8 Å². The van der Waals surface area contributed by atoms with Crippen LogP contribution in [0.1, 0.15) is 0 Å². The third kappa shape index (κ3) is 2.66. The lowest BCUT2D eigenvalue weighted by Gasteiger charge is -2.03. The second-order valence-corrected chi connectivity index (χ2v) is 5.75. The maximum absolute atomic E-state index is 6.27. The monoisotopic (exact) mass is 356 g/mol. The summed E-state index contributed by atoms with van der Waals surface area (Å²) in [4.78, 5) is 20.4. The van der Waals surface area contributed by atoms with E-state index in [0.29, 0.717) is 38.7 Å². The molecule has 118 valence electrons. The molecule has 4 aromatic rings. The molecule has 0 spiro atoms. The lowest BCUT2D eigenvalue weighted by molar-refractivity contribution is 1.15. The summed E-state index contributed by atoms with van der Waals surface area (Å²) in [7, 11) is 0. The number of H-pyrrole nitrogens is 1. The van der Waals surface area contributed by atoms with Crippen LogP contribution in [-0.4, -0.2) is 24.9 Å². The third-order valence-electron chi connectivity index (χ3n) is 3.40. The first-order valence-corrected chi connectivity index (χ1v) is 7.81. The number of fused-ring (bicyclic) bond motifs is 1. The van der Waals surface area contributed by atoms with E-state index in [1.54, 1.807) is 42.9 Å². The molecule has 3 heterocycles. The number of hydrogen-bond acceptors (Lipinski definition) is 5. The predicted molar refractivity (Wildman–Crippen MR) is 94.7 cm³/mol. The van der Waals surface area contributed by atoms with Crippen molar-refractivity contribution in [3.63, 3.8) is 0 Å². The molecule has 0 aliphatic carbocycles. The van der Waals surface area contributed by atoms with Crippen molar-refractivity contribution in [3.8, 4) is 11.4 Å². The summed E-state index contributed by atoms with van der Waals surface area (Å²) < 4.78 is 0. The van der Waals surface area contributed by atoms with Crippen LogP contribution in [0.15, 0.2) is 48.9 Å². The van der Waals surface area contributed by atoms with Crippen LogP contribution in [0.5, 0.6) is 0 Å². The van der Waals surface area contributed by atoms with Crippen LogP contribution >= 0.6 is 23.2 Å². The Kier molecular flexibility index (Phi) is 3.76. The van der Waals surface area contributed by atoms with E-state index in [1.165, 1.54) is 0 Å². The molecule has 0 amide bonds. The predicted octanol–water partition coefficient (Wildman–Crippen LogP) is 4.47. The molecule has 0 aliphatic rings. The maximum atomic E-state index is 6.27. The summed E-state index contributed by atoms with van der Waals surface area (Å²) in [6.07, 6.45) is 4.97. The lowest BCUT2D eigenvalue weighted by atomic mass is 10.2. The summed E-state index contributed by atoms with van der Waals surface area (Å²) in [5.41, 5.74) is 2.10. The molecule has 0 saturated heterocycles. The van der Waals surface area contributed by atoms with Gasteiger partial charge in [0.2, 0.25) is 5.95 Å². The summed E-state index contributed by atoms with van der Waals surface area (Å²) in [5, 5.41) is 4.11. The normalized spacial score (nSPS) is 10.9. The fourth-order valence-corrected chi connectivity index (χ4v) is 2.92. The molecule has 1 aromatic carbocycles. The Balaban J connectivity index is 1.83. The van der Waals surface area contributed by atoms with Crippen molar-refractivity contribution in [1.82, 2.24) is 24.9 Å². The number of nitrogens with one attached hydrogen (secondary N) is 2. The number of aromatic amines is 1. The van der Waals surface area contributed by atoms with E-state index in [0.717, 1.165) is 5.52 Å². The van der Waals surface area contributed by atoms with Crippen LogP contribution in [-0.2, 0) is 0 Å².